The van der Waals surface area contributed by atoms with Crippen molar-refractivity contribution in [3.05, 3.63) is 160 Å². The number of pyridine rings is 1. The fourth-order valence-electron chi connectivity index (χ4n) is 8.72. The van der Waals surface area contributed by atoms with Crippen molar-refractivity contribution in [1.82, 2.24) is 9.55 Å². The second kappa shape index (κ2) is 17.1. The molecule has 2 bridgehead atoms. The number of phenolic OH excluding ortho intramolecular Hbond substituents is 1. The minimum atomic E-state index is -0.945. The third kappa shape index (κ3) is 8.19. The summed E-state index contributed by atoms with van der Waals surface area (Å²) < 4.78 is 28.0. The number of hydrogen-bond donors (Lipinski definition) is 2. The maximum Gasteiger partial charge on any atom is 0.321 e. The molecule has 2 unspecified atom stereocenters. The molecule has 2 N–H and O–H groups in total. The van der Waals surface area contributed by atoms with Gasteiger partial charge in [-0.25, -0.2) is 4.39 Å². The van der Waals surface area contributed by atoms with Crippen molar-refractivity contribution in [3.63, 3.8) is 0 Å². The van der Waals surface area contributed by atoms with Crippen LogP contribution in [0.4, 0.5) is 10.1 Å². The molecule has 0 saturated carbocycles. The van der Waals surface area contributed by atoms with E-state index in [0.29, 0.717) is 41.7 Å². The van der Waals surface area contributed by atoms with Crippen LogP contribution in [0.1, 0.15) is 46.8 Å². The molecule has 3 aliphatic heterocycles. The number of aromatic nitrogens is 2. The molecule has 4 aromatic carbocycles. The monoisotopic (exact) mass is 914 g/mol. The number of quaternary nitrogens is 1. The number of likely N-dealkylation sites (N-methyl/N-ethyl adjacent to an activating group) is 1. The van der Waals surface area contributed by atoms with Crippen LogP contribution in [0.2, 0.25) is 10.0 Å². The van der Waals surface area contributed by atoms with Gasteiger partial charge in [-0.1, -0.05) is 96.0 Å². The largest absolute Gasteiger partial charge is 1.00 e. The van der Waals surface area contributed by atoms with Crippen molar-refractivity contribution >= 4 is 57.5 Å². The number of nitrogens with zero attached hydrogens (tertiary/aromatic N) is 3. The molecular formula is C46H42BrCl2FN4O6. The Morgan fingerprint density at radius 1 is 0.900 bits per heavy atom. The van der Waals surface area contributed by atoms with Crippen molar-refractivity contribution < 1.29 is 54.8 Å². The molecule has 3 saturated heterocycles. The predicted molar refractivity (Wildman–Crippen MR) is 223 cm³/mol. The summed E-state index contributed by atoms with van der Waals surface area (Å²) in [6.45, 7) is 2.32. The molecule has 2 aromatic heterocycles. The highest BCUT2D eigenvalue weighted by molar-refractivity contribution is 6.50. The Labute approximate surface area is 367 Å². The molecule has 10 nitrogen and oxygen atoms in total. The number of amides is 1. The number of halogens is 4. The van der Waals surface area contributed by atoms with Gasteiger partial charge in [-0.15, -0.1) is 0 Å². The molecule has 0 aliphatic carbocycles. The molecule has 5 heterocycles. The minimum Gasteiger partial charge on any atom is -1.00 e. The van der Waals surface area contributed by atoms with Gasteiger partial charge < -0.3 is 45.9 Å². The van der Waals surface area contributed by atoms with Gasteiger partial charge in [0.1, 0.15) is 47.4 Å². The van der Waals surface area contributed by atoms with Gasteiger partial charge >= 0.3 is 5.97 Å². The van der Waals surface area contributed by atoms with Gasteiger partial charge in [0.25, 0.3) is 11.7 Å². The van der Waals surface area contributed by atoms with E-state index >= 15 is 0 Å². The summed E-state index contributed by atoms with van der Waals surface area (Å²) in [5.74, 6) is -2.35. The number of fused-ring (bicyclic) bond motifs is 6. The number of carbonyl (C=O) groups is 3. The second-order valence-corrected chi connectivity index (χ2v) is 16.8. The number of piperidine rings is 1. The molecule has 0 spiro atoms. The summed E-state index contributed by atoms with van der Waals surface area (Å²) in [5, 5.41) is 12.9. The molecular weight excluding hydrogens is 874 g/mol. The van der Waals surface area contributed by atoms with Crippen LogP contribution >= 0.6 is 23.2 Å². The Hall–Kier alpha value is -5.11. The molecule has 0 radical (unpaired) electrons. The van der Waals surface area contributed by atoms with Crippen LogP contribution in [0, 0.1) is 5.82 Å². The zero-order valence-corrected chi connectivity index (χ0v) is 36.0. The summed E-state index contributed by atoms with van der Waals surface area (Å²) in [7, 11) is 4.59. The molecule has 60 heavy (non-hydrogen) atoms. The number of esters is 1. The van der Waals surface area contributed by atoms with Gasteiger partial charge in [0.2, 0.25) is 0 Å². The highest BCUT2D eigenvalue weighted by Crippen LogP contribution is 2.52. The molecule has 4 atom stereocenters. The number of nitrogens with one attached hydrogen (secondary N) is 1. The molecule has 6 aromatic rings. The van der Waals surface area contributed by atoms with Crippen LogP contribution in [-0.2, 0) is 31.0 Å². The number of Topliss-reactive ketones (excluding diaryl/α,β-unsaturated/α-hetero) is 1. The number of carbonyl (C=O) groups excluding carboxylic acids is 3. The van der Waals surface area contributed by atoms with Crippen LogP contribution in [0.5, 0.6) is 5.75 Å². The van der Waals surface area contributed by atoms with E-state index in [1.54, 1.807) is 22.8 Å². The molecule has 9 rings (SSSR count). The van der Waals surface area contributed by atoms with Gasteiger partial charge in [-0.2, -0.15) is 0 Å². The van der Waals surface area contributed by atoms with E-state index in [9.17, 15) is 23.9 Å². The molecule has 3 aliphatic rings. The number of epoxide rings is 1. The molecule has 310 valence electrons. The van der Waals surface area contributed by atoms with E-state index in [2.05, 4.69) is 24.4 Å². The Kier molecular flexibility index (Phi) is 12.3. The lowest BCUT2D eigenvalue weighted by Crippen LogP contribution is -3.00. The van der Waals surface area contributed by atoms with Gasteiger partial charge in [0, 0.05) is 48.9 Å². The Bertz CT molecular complexity index is 2480. The number of hydrogen-bond acceptors (Lipinski definition) is 7. The van der Waals surface area contributed by atoms with Crippen molar-refractivity contribution in [2.45, 2.75) is 62.1 Å². The first-order chi connectivity index (χ1) is 28.2. The first-order valence-corrected chi connectivity index (χ1v) is 20.0. The molecule has 3 fully saturated rings. The van der Waals surface area contributed by atoms with E-state index in [1.165, 1.54) is 42.9 Å². The number of morpholine rings is 1. The number of ketones is 1. The molecule has 1 amide bonds. The van der Waals surface area contributed by atoms with Gasteiger partial charge in [0.05, 0.1) is 35.4 Å². The fourth-order valence-corrected chi connectivity index (χ4v) is 9.18. The summed E-state index contributed by atoms with van der Waals surface area (Å²) in [4.78, 5) is 43.0. The van der Waals surface area contributed by atoms with Crippen molar-refractivity contribution in [2.75, 3.05) is 19.4 Å². The van der Waals surface area contributed by atoms with Gasteiger partial charge in [-0.05, 0) is 53.9 Å². The fraction of sp³-hybridized carbons (Fsp3) is 0.261. The van der Waals surface area contributed by atoms with Crippen LogP contribution in [0.3, 0.4) is 0 Å². The van der Waals surface area contributed by atoms with Crippen molar-refractivity contribution in [1.29, 1.82) is 0 Å². The third-order valence-electron chi connectivity index (χ3n) is 12.1. The van der Waals surface area contributed by atoms with E-state index < -0.39 is 17.1 Å². The lowest BCUT2D eigenvalue weighted by Gasteiger charge is -2.45. The van der Waals surface area contributed by atoms with E-state index in [0.717, 1.165) is 34.0 Å². The maximum atomic E-state index is 13.6. The Balaban J connectivity index is 0.000000179. The average molecular weight is 917 g/mol. The normalized spacial score (nSPS) is 20.8. The minimum absolute atomic E-state index is 0. The number of anilines is 1. The van der Waals surface area contributed by atoms with Crippen LogP contribution in [0.25, 0.3) is 10.9 Å². The highest BCUT2D eigenvalue weighted by Gasteiger charge is 2.71. The first-order valence-electron chi connectivity index (χ1n) is 19.3. The average Bonchev–Trinajstić information content (AvgIpc) is 3.92. The van der Waals surface area contributed by atoms with Crippen molar-refractivity contribution in [3.8, 4) is 5.75 Å². The standard InChI is InChI=1S/C24H28NO3.C22H14Cl2FN3O3.BrH/c1-24(16-10-6-4-7-11-16,17-12-8-5-9-13-17)23(26)27-18-14-19-21-22(28-21)20(15-18)25(19,2)3;23-17-8-26-9-18(24)20(17)27-22(31)21(30)16-11-28(10-12-1-3-13(25)4-2-12)19-6-5-14(29)7-15(16)19;/h4-13,18-22H,14-15H2,1-3H3;1-9,11,29H,10H2,(H,26,27,31);1H/q+1;;/p-1/t18?,19?,20?,21-,22-;;/m0../s1. The summed E-state index contributed by atoms with van der Waals surface area (Å²) in [6, 6.07) is 31.3. The quantitative estimate of drug-likeness (QED) is 0.0660. The van der Waals surface area contributed by atoms with Crippen LogP contribution in [-0.4, -0.2) is 81.3 Å². The third-order valence-corrected chi connectivity index (χ3v) is 12.7. The van der Waals surface area contributed by atoms with Gasteiger partial charge in [-0.3, -0.25) is 19.4 Å². The Morgan fingerprint density at radius 2 is 1.47 bits per heavy atom. The van der Waals surface area contributed by atoms with E-state index in [-0.39, 0.29) is 61.9 Å². The highest BCUT2D eigenvalue weighted by atomic mass is 79.9. The number of benzene rings is 4. The lowest BCUT2D eigenvalue weighted by atomic mass is 9.76. The van der Waals surface area contributed by atoms with E-state index in [1.807, 2.05) is 67.6 Å². The maximum absolute atomic E-state index is 13.6. The summed E-state index contributed by atoms with van der Waals surface area (Å²) in [6.07, 6.45) is 6.56. The smallest absolute Gasteiger partial charge is 0.321 e. The Morgan fingerprint density at radius 3 is 2.03 bits per heavy atom. The summed E-state index contributed by atoms with van der Waals surface area (Å²) in [5.41, 5.74) is 2.70. The number of ether oxygens (including phenoxy) is 2. The molecule has 14 heteroatoms. The zero-order chi connectivity index (χ0) is 41.6. The lowest BCUT2D eigenvalue weighted by molar-refractivity contribution is -0.938. The number of phenols is 1. The number of aromatic hydroxyl groups is 1. The predicted octanol–water partition coefficient (Wildman–Crippen LogP) is 5.35. The van der Waals surface area contributed by atoms with E-state index in [4.69, 9.17) is 32.7 Å². The first kappa shape index (κ1) is 43.0. The number of rotatable bonds is 9. The van der Waals surface area contributed by atoms with Crippen LogP contribution in [0.15, 0.2) is 122 Å². The van der Waals surface area contributed by atoms with Crippen molar-refractivity contribution in [2.24, 2.45) is 0 Å². The second-order valence-electron chi connectivity index (χ2n) is 15.9. The SMILES string of the molecule is CC(C(=O)OC1CC2[C@@H]3O[C@H]3C(C1)[N+]2(C)C)(c1ccccc1)c1ccccc1.O=C(Nc1c(Cl)cncc1Cl)C(=O)c1cn(Cc2ccc(F)cc2)c2ccc(O)cc12.[Br-]. The topological polar surface area (TPSA) is 123 Å². The zero-order valence-electron chi connectivity index (χ0n) is 32.9. The van der Waals surface area contributed by atoms with Gasteiger partial charge in [0.15, 0.2) is 0 Å². The summed E-state index contributed by atoms with van der Waals surface area (Å²) >= 11 is 12.0. The van der Waals surface area contributed by atoms with Crippen LogP contribution < -0.4 is 22.3 Å².